The topological polar surface area (TPSA) is 82.3 Å². The van der Waals surface area contributed by atoms with Crippen molar-refractivity contribution in [2.24, 2.45) is 11.8 Å². The Morgan fingerprint density at radius 2 is 1.50 bits per heavy atom. The lowest BCUT2D eigenvalue weighted by atomic mass is 9.88. The van der Waals surface area contributed by atoms with Crippen molar-refractivity contribution in [3.8, 4) is 0 Å². The van der Waals surface area contributed by atoms with Gasteiger partial charge >= 0.3 is 6.03 Å². The summed E-state index contributed by atoms with van der Waals surface area (Å²) in [6.07, 6.45) is 0. The predicted molar refractivity (Wildman–Crippen MR) is 115 cm³/mol. The van der Waals surface area contributed by atoms with Gasteiger partial charge in [0.15, 0.2) is 0 Å². The van der Waals surface area contributed by atoms with Crippen LogP contribution in [0.1, 0.15) is 25.5 Å². The zero-order valence-corrected chi connectivity index (χ0v) is 16.9. The first-order chi connectivity index (χ1) is 13.0. The lowest BCUT2D eigenvalue weighted by molar-refractivity contribution is -0.127. The Morgan fingerprint density at radius 1 is 0.929 bits per heavy atom. The molecule has 6 nitrogen and oxygen atoms in total. The van der Waals surface area contributed by atoms with Crippen LogP contribution < -0.4 is 21.3 Å². The lowest BCUT2D eigenvalue weighted by Gasteiger charge is -2.32. The van der Waals surface area contributed by atoms with Crippen LogP contribution in [0.3, 0.4) is 0 Å². The van der Waals surface area contributed by atoms with Gasteiger partial charge < -0.3 is 21.3 Å². The van der Waals surface area contributed by atoms with E-state index >= 15 is 0 Å². The summed E-state index contributed by atoms with van der Waals surface area (Å²) < 4.78 is 0. The van der Waals surface area contributed by atoms with Crippen molar-refractivity contribution in [1.29, 1.82) is 0 Å². The Hall–Kier alpha value is -2.57. The third-order valence-corrected chi connectivity index (χ3v) is 4.99. The van der Waals surface area contributed by atoms with E-state index in [0.29, 0.717) is 11.6 Å². The van der Waals surface area contributed by atoms with Crippen LogP contribution in [0.4, 0.5) is 16.2 Å². The molecule has 1 fully saturated rings. The maximum atomic E-state index is 12.3. The zero-order valence-electron chi connectivity index (χ0n) is 16.1. The number of benzene rings is 2. The summed E-state index contributed by atoms with van der Waals surface area (Å²) in [5, 5.41) is 11.8. The van der Waals surface area contributed by atoms with E-state index < -0.39 is 0 Å². The maximum absolute atomic E-state index is 12.3. The molecule has 1 aliphatic rings. The minimum absolute atomic E-state index is 0. The highest BCUT2D eigenvalue weighted by Crippen LogP contribution is 2.20. The Morgan fingerprint density at radius 3 is 2.04 bits per heavy atom. The molecule has 4 N–H and O–H groups in total. The smallest absolute Gasteiger partial charge is 0.323 e. The van der Waals surface area contributed by atoms with Gasteiger partial charge in [-0.2, -0.15) is 0 Å². The summed E-state index contributed by atoms with van der Waals surface area (Å²) in [5.74, 6) is 0.515. The van der Waals surface area contributed by atoms with Gasteiger partial charge in [-0.15, -0.1) is 12.4 Å². The molecule has 2 unspecified atom stereocenters. The molecular weight excluding hydrogens is 376 g/mol. The van der Waals surface area contributed by atoms with Gasteiger partial charge in [0.25, 0.3) is 0 Å². The number of hydrogen-bond donors (Lipinski definition) is 4. The fourth-order valence-electron chi connectivity index (χ4n) is 2.98. The Bertz CT molecular complexity index is 779. The highest BCUT2D eigenvalue weighted by atomic mass is 35.5. The fourth-order valence-corrected chi connectivity index (χ4v) is 2.98. The molecule has 0 saturated carbocycles. The van der Waals surface area contributed by atoms with E-state index in [1.807, 2.05) is 68.4 Å². The molecular formula is C21H27ClN4O2. The number of amides is 3. The molecule has 1 heterocycles. The van der Waals surface area contributed by atoms with Crippen molar-refractivity contribution < 1.29 is 9.59 Å². The summed E-state index contributed by atoms with van der Waals surface area (Å²) in [6, 6.07) is 16.4. The Kier molecular flexibility index (Phi) is 7.84. The number of carbonyl (C=O) groups excluding carboxylic acids is 2. The van der Waals surface area contributed by atoms with Gasteiger partial charge in [0.05, 0.1) is 6.04 Å². The summed E-state index contributed by atoms with van der Waals surface area (Å²) in [7, 11) is 0. The van der Waals surface area contributed by atoms with Gasteiger partial charge in [-0.3, -0.25) is 4.79 Å². The van der Waals surface area contributed by atoms with Gasteiger partial charge in [-0.25, -0.2) is 4.79 Å². The normalized spacial score (nSPS) is 15.4. The van der Waals surface area contributed by atoms with Gasteiger partial charge in [-0.1, -0.05) is 37.3 Å². The van der Waals surface area contributed by atoms with Crippen molar-refractivity contribution in [3.05, 3.63) is 60.2 Å². The van der Waals surface area contributed by atoms with Crippen LogP contribution in [-0.2, 0) is 4.79 Å². The number of urea groups is 1. The molecule has 0 spiro atoms. The minimum Gasteiger partial charge on any atom is -0.349 e. The molecule has 0 aromatic heterocycles. The second kappa shape index (κ2) is 10.1. The molecule has 0 aliphatic carbocycles. The molecule has 3 amide bonds. The molecule has 0 radical (unpaired) electrons. The Balaban J connectivity index is 0.00000280. The third kappa shape index (κ3) is 5.71. The summed E-state index contributed by atoms with van der Waals surface area (Å²) in [4.78, 5) is 24.4. The standard InChI is InChI=1S/C21H26N4O2.ClH/c1-14(17-12-22-13-17)20(26)23-15(2)16-8-10-19(11-9-16)25-21(27)24-18-6-4-3-5-7-18;/h3-11,14-15,17,22H,12-13H2,1-2H3,(H,23,26)(H2,24,25,27);1H. The van der Waals surface area contributed by atoms with Crippen molar-refractivity contribution in [2.75, 3.05) is 23.7 Å². The number of para-hydroxylation sites is 1. The average Bonchev–Trinajstić information content (AvgIpc) is 2.61. The second-order valence-corrected chi connectivity index (χ2v) is 7.00. The van der Waals surface area contributed by atoms with Gasteiger partial charge in [0.2, 0.25) is 5.91 Å². The van der Waals surface area contributed by atoms with Crippen LogP contribution in [0.2, 0.25) is 0 Å². The van der Waals surface area contributed by atoms with E-state index in [4.69, 9.17) is 0 Å². The first-order valence-electron chi connectivity index (χ1n) is 9.27. The van der Waals surface area contributed by atoms with E-state index in [0.717, 1.165) is 24.3 Å². The van der Waals surface area contributed by atoms with E-state index in [2.05, 4.69) is 21.3 Å². The molecule has 7 heteroatoms. The molecule has 0 bridgehead atoms. The second-order valence-electron chi connectivity index (χ2n) is 7.00. The van der Waals surface area contributed by atoms with Crippen molar-refractivity contribution >= 4 is 35.7 Å². The molecule has 150 valence electrons. The van der Waals surface area contributed by atoms with Crippen LogP contribution in [-0.4, -0.2) is 25.0 Å². The molecule has 1 saturated heterocycles. The summed E-state index contributed by atoms with van der Waals surface area (Å²) in [5.41, 5.74) is 2.43. The van der Waals surface area contributed by atoms with Gasteiger partial charge in [0, 0.05) is 17.3 Å². The summed E-state index contributed by atoms with van der Waals surface area (Å²) >= 11 is 0. The van der Waals surface area contributed by atoms with Crippen LogP contribution in [0.15, 0.2) is 54.6 Å². The largest absolute Gasteiger partial charge is 0.349 e. The van der Waals surface area contributed by atoms with Crippen molar-refractivity contribution in [1.82, 2.24) is 10.6 Å². The molecule has 1 aliphatic heterocycles. The first-order valence-corrected chi connectivity index (χ1v) is 9.27. The molecule has 2 aromatic rings. The highest BCUT2D eigenvalue weighted by molar-refractivity contribution is 5.99. The van der Waals surface area contributed by atoms with Gasteiger partial charge in [-0.05, 0) is 55.8 Å². The number of halogens is 1. The zero-order chi connectivity index (χ0) is 19.2. The van der Waals surface area contributed by atoms with Crippen LogP contribution in [0.5, 0.6) is 0 Å². The fraction of sp³-hybridized carbons (Fsp3) is 0.333. The quantitative estimate of drug-likeness (QED) is 0.593. The summed E-state index contributed by atoms with van der Waals surface area (Å²) in [6.45, 7) is 5.77. The monoisotopic (exact) mass is 402 g/mol. The van der Waals surface area contributed by atoms with E-state index in [1.165, 1.54) is 0 Å². The van der Waals surface area contributed by atoms with Crippen LogP contribution in [0.25, 0.3) is 0 Å². The lowest BCUT2D eigenvalue weighted by Crippen LogP contribution is -2.49. The van der Waals surface area contributed by atoms with E-state index in [1.54, 1.807) is 0 Å². The molecule has 2 atom stereocenters. The SMILES string of the molecule is CC(NC(=O)C(C)C1CNC1)c1ccc(NC(=O)Nc2ccccc2)cc1.Cl. The Labute approximate surface area is 171 Å². The van der Waals surface area contributed by atoms with Gasteiger partial charge in [0.1, 0.15) is 0 Å². The molecule has 28 heavy (non-hydrogen) atoms. The third-order valence-electron chi connectivity index (χ3n) is 4.99. The number of carbonyl (C=O) groups is 2. The maximum Gasteiger partial charge on any atom is 0.323 e. The number of anilines is 2. The molecule has 3 rings (SSSR count). The van der Waals surface area contributed by atoms with Crippen molar-refractivity contribution in [3.63, 3.8) is 0 Å². The first kappa shape index (κ1) is 21.7. The van der Waals surface area contributed by atoms with Crippen LogP contribution in [0, 0.1) is 11.8 Å². The number of hydrogen-bond acceptors (Lipinski definition) is 3. The van der Waals surface area contributed by atoms with E-state index in [-0.39, 0.29) is 36.3 Å². The predicted octanol–water partition coefficient (Wildman–Crippen LogP) is 3.79. The number of rotatable bonds is 6. The number of nitrogens with one attached hydrogen (secondary N) is 4. The van der Waals surface area contributed by atoms with E-state index in [9.17, 15) is 9.59 Å². The average molecular weight is 403 g/mol. The molecule has 2 aromatic carbocycles. The van der Waals surface area contributed by atoms with Crippen LogP contribution >= 0.6 is 12.4 Å². The minimum atomic E-state index is -0.293. The highest BCUT2D eigenvalue weighted by Gasteiger charge is 2.29. The van der Waals surface area contributed by atoms with Crippen molar-refractivity contribution in [2.45, 2.75) is 19.9 Å².